The Morgan fingerprint density at radius 1 is 1.27 bits per heavy atom. The maximum Gasteiger partial charge on any atom is 0.302 e. The average Bonchev–Trinajstić information content (AvgIpc) is 2.09. The molecule has 0 aromatic carbocycles. The fraction of sp³-hybridized carbons (Fsp3) is 0.857. The largest absolute Gasteiger partial charge is 0.469 e. The summed E-state index contributed by atoms with van der Waals surface area (Å²) in [6.07, 6.45) is 2.31. The summed E-state index contributed by atoms with van der Waals surface area (Å²) in [6, 6.07) is 0. The molecule has 0 aromatic heterocycles. The average molecular weight is 162 g/mol. The molecule has 0 aliphatic carbocycles. The molecule has 1 rings (SSSR count). The maximum atomic E-state index is 9.59. The van der Waals surface area contributed by atoms with E-state index in [1.165, 1.54) is 14.0 Å². The van der Waals surface area contributed by atoms with Crippen molar-refractivity contribution in [3.8, 4) is 0 Å². The highest BCUT2D eigenvalue weighted by Gasteiger charge is 1.95. The van der Waals surface area contributed by atoms with Crippen molar-refractivity contribution in [2.45, 2.75) is 19.8 Å². The van der Waals surface area contributed by atoms with E-state index >= 15 is 0 Å². The molecule has 1 heterocycles. The lowest BCUT2D eigenvalue weighted by Gasteiger charge is -2.07. The molecule has 0 unspecified atom stereocenters. The summed E-state index contributed by atoms with van der Waals surface area (Å²) < 4.78 is 4.11. The van der Waals surface area contributed by atoms with Gasteiger partial charge < -0.3 is 4.74 Å². The van der Waals surface area contributed by atoms with Gasteiger partial charge in [-0.05, 0) is 12.8 Å². The number of methoxy groups -OCH3 is 1. The number of rotatable bonds is 0. The minimum Gasteiger partial charge on any atom is -0.469 e. The highest BCUT2D eigenvalue weighted by molar-refractivity contribution is 5.65. The van der Waals surface area contributed by atoms with Gasteiger partial charge in [0.2, 0.25) is 0 Å². The van der Waals surface area contributed by atoms with Crippen LogP contribution >= 0.6 is 0 Å². The van der Waals surface area contributed by atoms with Gasteiger partial charge in [0.25, 0.3) is 0 Å². The third-order valence-electron chi connectivity index (χ3n) is 1.08. The maximum absolute atomic E-state index is 9.59. The van der Waals surface area contributed by atoms with Crippen LogP contribution in [0.15, 0.2) is 0 Å². The molecule has 0 radical (unpaired) electrons. The number of esters is 1. The predicted molar refractivity (Wildman–Crippen MR) is 38.8 cm³/mol. The van der Waals surface area contributed by atoms with Crippen LogP contribution in [0, 0.1) is 0 Å². The molecule has 1 aliphatic rings. The summed E-state index contributed by atoms with van der Waals surface area (Å²) >= 11 is 0. The molecule has 0 aromatic rings. The van der Waals surface area contributed by atoms with Gasteiger partial charge in [-0.3, -0.25) is 4.79 Å². The summed E-state index contributed by atoms with van der Waals surface area (Å²) in [5.41, 5.74) is 0. The Labute approximate surface area is 66.4 Å². The monoisotopic (exact) mass is 162 g/mol. The van der Waals surface area contributed by atoms with Crippen LogP contribution in [0.4, 0.5) is 0 Å². The van der Waals surface area contributed by atoms with E-state index in [2.05, 4.69) is 14.5 Å². The lowest BCUT2D eigenvalue weighted by Crippen LogP contribution is -2.05. The van der Waals surface area contributed by atoms with Crippen LogP contribution in [0.2, 0.25) is 0 Å². The lowest BCUT2D eigenvalue weighted by atomic mass is 10.3. The second-order valence-corrected chi connectivity index (χ2v) is 2.05. The molecule has 4 heteroatoms. The number of carbonyl (C=O) groups excluding carboxylic acids is 1. The van der Waals surface area contributed by atoms with Crippen molar-refractivity contribution in [3.05, 3.63) is 0 Å². The fourth-order valence-corrected chi connectivity index (χ4v) is 0.440. The normalized spacial score (nSPS) is 16.2. The minimum atomic E-state index is -0.245. The van der Waals surface area contributed by atoms with Crippen molar-refractivity contribution in [1.29, 1.82) is 0 Å². The van der Waals surface area contributed by atoms with E-state index in [9.17, 15) is 4.79 Å². The van der Waals surface area contributed by atoms with Gasteiger partial charge in [-0.15, -0.1) is 0 Å². The number of ether oxygens (including phenoxy) is 1. The van der Waals surface area contributed by atoms with Gasteiger partial charge in [-0.2, -0.15) is 0 Å². The SMILES string of the molecule is C1CCOOC1.COC(C)=O. The van der Waals surface area contributed by atoms with Gasteiger partial charge in [-0.1, -0.05) is 0 Å². The highest BCUT2D eigenvalue weighted by atomic mass is 17.2. The molecule has 1 saturated heterocycles. The Morgan fingerprint density at radius 3 is 1.73 bits per heavy atom. The summed E-state index contributed by atoms with van der Waals surface area (Å²) in [7, 11) is 1.35. The van der Waals surface area contributed by atoms with Gasteiger partial charge in [0, 0.05) is 6.92 Å². The third-order valence-corrected chi connectivity index (χ3v) is 1.08. The van der Waals surface area contributed by atoms with Gasteiger partial charge in [0.05, 0.1) is 20.3 Å². The van der Waals surface area contributed by atoms with Crippen molar-refractivity contribution in [2.75, 3.05) is 20.3 Å². The Balaban J connectivity index is 0.000000187. The van der Waals surface area contributed by atoms with Crippen LogP contribution in [0.5, 0.6) is 0 Å². The molecular formula is C7H14O4. The molecule has 0 N–H and O–H groups in total. The van der Waals surface area contributed by atoms with Gasteiger partial charge in [-0.25, -0.2) is 9.78 Å². The van der Waals surface area contributed by atoms with Gasteiger partial charge >= 0.3 is 5.97 Å². The van der Waals surface area contributed by atoms with E-state index < -0.39 is 0 Å². The van der Waals surface area contributed by atoms with Crippen molar-refractivity contribution >= 4 is 5.97 Å². The first kappa shape index (κ1) is 10.4. The zero-order valence-electron chi connectivity index (χ0n) is 6.96. The molecule has 0 saturated carbocycles. The van der Waals surface area contributed by atoms with Crippen molar-refractivity contribution in [1.82, 2.24) is 0 Å². The Bertz CT molecular complexity index is 87.1. The van der Waals surface area contributed by atoms with Crippen LogP contribution in [-0.4, -0.2) is 26.3 Å². The number of hydrogen-bond donors (Lipinski definition) is 0. The number of hydrogen-bond acceptors (Lipinski definition) is 4. The lowest BCUT2D eigenvalue weighted by molar-refractivity contribution is -0.312. The van der Waals surface area contributed by atoms with Crippen LogP contribution < -0.4 is 0 Å². The van der Waals surface area contributed by atoms with E-state index in [0.29, 0.717) is 0 Å². The summed E-state index contributed by atoms with van der Waals surface area (Å²) in [4.78, 5) is 18.7. The van der Waals surface area contributed by atoms with E-state index in [4.69, 9.17) is 0 Å². The standard InChI is InChI=1S/C4H8O2.C3H6O2/c1-2-4-6-5-3-1;1-3(4)5-2/h1-4H2;1-2H3. The Kier molecular flexibility index (Phi) is 7.08. The van der Waals surface area contributed by atoms with Crippen molar-refractivity contribution in [3.63, 3.8) is 0 Å². The molecule has 4 nitrogen and oxygen atoms in total. The topological polar surface area (TPSA) is 44.8 Å². The molecule has 0 amide bonds. The van der Waals surface area contributed by atoms with E-state index in [-0.39, 0.29) is 5.97 Å². The van der Waals surface area contributed by atoms with E-state index in [0.717, 1.165) is 26.1 Å². The van der Waals surface area contributed by atoms with E-state index in [1.54, 1.807) is 0 Å². The first-order chi connectivity index (χ1) is 5.27. The van der Waals surface area contributed by atoms with Crippen LogP contribution in [0.3, 0.4) is 0 Å². The molecule has 0 bridgehead atoms. The predicted octanol–water partition coefficient (Wildman–Crippen LogP) is 0.908. The van der Waals surface area contributed by atoms with Crippen LogP contribution in [0.1, 0.15) is 19.8 Å². The second kappa shape index (κ2) is 7.50. The van der Waals surface area contributed by atoms with Crippen molar-refractivity contribution < 1.29 is 19.3 Å². The molecule has 0 atom stereocenters. The molecule has 0 spiro atoms. The zero-order chi connectivity index (χ0) is 8.53. The fourth-order valence-electron chi connectivity index (χ4n) is 0.440. The first-order valence-corrected chi connectivity index (χ1v) is 3.56. The Morgan fingerprint density at radius 2 is 1.64 bits per heavy atom. The first-order valence-electron chi connectivity index (χ1n) is 3.56. The summed E-state index contributed by atoms with van der Waals surface area (Å²) in [6.45, 7) is 2.92. The number of carbonyl (C=O) groups is 1. The highest BCUT2D eigenvalue weighted by Crippen LogP contribution is 1.97. The Hall–Kier alpha value is -0.610. The molecule has 1 aliphatic heterocycles. The zero-order valence-corrected chi connectivity index (χ0v) is 6.96. The summed E-state index contributed by atoms with van der Waals surface area (Å²) in [5, 5.41) is 0. The minimum absolute atomic E-state index is 0.245. The second-order valence-electron chi connectivity index (χ2n) is 2.05. The molecule has 1 fully saturated rings. The van der Waals surface area contributed by atoms with Crippen LogP contribution in [0.25, 0.3) is 0 Å². The quantitative estimate of drug-likeness (QED) is 0.392. The molecule has 66 valence electrons. The van der Waals surface area contributed by atoms with Gasteiger partial charge in [0.15, 0.2) is 0 Å². The van der Waals surface area contributed by atoms with Crippen molar-refractivity contribution in [2.24, 2.45) is 0 Å². The smallest absolute Gasteiger partial charge is 0.302 e. The summed E-state index contributed by atoms with van der Waals surface area (Å²) in [5.74, 6) is -0.245. The van der Waals surface area contributed by atoms with E-state index in [1.807, 2.05) is 0 Å². The van der Waals surface area contributed by atoms with Crippen LogP contribution in [-0.2, 0) is 19.3 Å². The van der Waals surface area contributed by atoms with Gasteiger partial charge in [0.1, 0.15) is 0 Å². The third kappa shape index (κ3) is 9.39. The molecular weight excluding hydrogens is 148 g/mol. The molecule has 11 heavy (non-hydrogen) atoms.